The molecule has 2 heterocycles. The highest BCUT2D eigenvalue weighted by Crippen LogP contribution is 2.22. The van der Waals surface area contributed by atoms with Gasteiger partial charge in [-0.1, -0.05) is 36.7 Å². The molecule has 5 heteroatoms. The molecule has 2 aromatic rings. The van der Waals surface area contributed by atoms with Crippen molar-refractivity contribution in [3.8, 4) is 0 Å². The largest absolute Gasteiger partial charge is 0.336 e. The second-order valence-electron chi connectivity index (χ2n) is 6.07. The van der Waals surface area contributed by atoms with E-state index in [2.05, 4.69) is 12.0 Å². The van der Waals surface area contributed by atoms with E-state index in [0.29, 0.717) is 18.2 Å². The molecule has 1 aromatic carbocycles. The van der Waals surface area contributed by atoms with Crippen LogP contribution in [0, 0.1) is 0 Å². The normalized spacial score (nSPS) is 18.2. The highest BCUT2D eigenvalue weighted by Gasteiger charge is 2.26. The van der Waals surface area contributed by atoms with Crippen molar-refractivity contribution < 1.29 is 4.79 Å². The van der Waals surface area contributed by atoms with E-state index in [4.69, 9.17) is 11.6 Å². The lowest BCUT2D eigenvalue weighted by Gasteiger charge is -2.35. The van der Waals surface area contributed by atoms with Gasteiger partial charge in [0, 0.05) is 23.8 Å². The van der Waals surface area contributed by atoms with Gasteiger partial charge in [-0.05, 0) is 37.3 Å². The number of likely N-dealkylation sites (tertiary alicyclic amines) is 1. The third-order valence-corrected chi connectivity index (χ3v) is 4.90. The Morgan fingerprint density at radius 1 is 1.35 bits per heavy atom. The summed E-state index contributed by atoms with van der Waals surface area (Å²) in [6.07, 6.45) is 7.92. The lowest BCUT2D eigenvalue weighted by Crippen LogP contribution is -2.43. The molecule has 1 unspecified atom stereocenters. The molecule has 1 fully saturated rings. The average Bonchev–Trinajstić information content (AvgIpc) is 3.05. The molecule has 1 amide bonds. The van der Waals surface area contributed by atoms with Crippen LogP contribution in [0.2, 0.25) is 5.02 Å². The smallest absolute Gasteiger partial charge is 0.257 e. The lowest BCUT2D eigenvalue weighted by molar-refractivity contribution is 0.0608. The Bertz CT molecular complexity index is 682. The van der Waals surface area contributed by atoms with Crippen LogP contribution in [0.4, 0.5) is 0 Å². The van der Waals surface area contributed by atoms with E-state index in [1.165, 1.54) is 6.42 Å². The number of hydrogen-bond acceptors (Lipinski definition) is 2. The van der Waals surface area contributed by atoms with E-state index < -0.39 is 0 Å². The first-order valence-electron chi connectivity index (χ1n) is 8.26. The Morgan fingerprint density at radius 3 is 2.96 bits per heavy atom. The van der Waals surface area contributed by atoms with Gasteiger partial charge in [0.25, 0.3) is 5.91 Å². The van der Waals surface area contributed by atoms with Crippen LogP contribution in [-0.4, -0.2) is 33.2 Å². The van der Waals surface area contributed by atoms with Crippen LogP contribution in [0.1, 0.15) is 48.5 Å². The minimum absolute atomic E-state index is 0.0990. The van der Waals surface area contributed by atoms with Crippen LogP contribution in [0.25, 0.3) is 0 Å². The van der Waals surface area contributed by atoms with E-state index in [1.54, 1.807) is 10.9 Å². The van der Waals surface area contributed by atoms with Crippen molar-refractivity contribution in [1.82, 2.24) is 14.7 Å². The number of aromatic nitrogens is 2. The maximum absolute atomic E-state index is 12.7. The van der Waals surface area contributed by atoms with Crippen molar-refractivity contribution in [2.24, 2.45) is 0 Å². The van der Waals surface area contributed by atoms with Crippen molar-refractivity contribution in [1.29, 1.82) is 0 Å². The predicted molar refractivity (Wildman–Crippen MR) is 91.7 cm³/mol. The molecule has 1 saturated heterocycles. The summed E-state index contributed by atoms with van der Waals surface area (Å²) in [7, 11) is 0. The monoisotopic (exact) mass is 331 g/mol. The summed E-state index contributed by atoms with van der Waals surface area (Å²) in [5, 5.41) is 5.05. The number of nitrogens with zero attached hydrogens (tertiary/aromatic N) is 3. The molecule has 1 aromatic heterocycles. The van der Waals surface area contributed by atoms with Gasteiger partial charge < -0.3 is 4.90 Å². The van der Waals surface area contributed by atoms with Crippen LogP contribution in [0.3, 0.4) is 0 Å². The summed E-state index contributed by atoms with van der Waals surface area (Å²) in [4.78, 5) is 14.8. The molecular formula is C18H22ClN3O. The highest BCUT2D eigenvalue weighted by molar-refractivity contribution is 6.31. The zero-order chi connectivity index (χ0) is 16.2. The van der Waals surface area contributed by atoms with E-state index in [0.717, 1.165) is 36.4 Å². The van der Waals surface area contributed by atoms with E-state index in [1.807, 2.05) is 35.4 Å². The van der Waals surface area contributed by atoms with Gasteiger partial charge in [-0.25, -0.2) is 0 Å². The van der Waals surface area contributed by atoms with Gasteiger partial charge in [-0.3, -0.25) is 9.48 Å². The number of carbonyl (C=O) groups excluding carboxylic acids is 1. The fourth-order valence-corrected chi connectivity index (χ4v) is 3.42. The predicted octanol–water partition coefficient (Wildman–Crippen LogP) is 3.99. The molecule has 23 heavy (non-hydrogen) atoms. The topological polar surface area (TPSA) is 38.1 Å². The zero-order valence-electron chi connectivity index (χ0n) is 13.4. The molecule has 0 aliphatic carbocycles. The minimum atomic E-state index is 0.0990. The van der Waals surface area contributed by atoms with Gasteiger partial charge in [0.05, 0.1) is 18.3 Å². The summed E-state index contributed by atoms with van der Waals surface area (Å²) in [6.45, 7) is 3.58. The Kier molecular flexibility index (Phi) is 5.01. The second kappa shape index (κ2) is 7.18. The number of halogens is 1. The zero-order valence-corrected chi connectivity index (χ0v) is 14.2. The summed E-state index contributed by atoms with van der Waals surface area (Å²) < 4.78 is 1.78. The molecule has 0 radical (unpaired) electrons. The van der Waals surface area contributed by atoms with E-state index in [9.17, 15) is 4.79 Å². The molecule has 0 spiro atoms. The van der Waals surface area contributed by atoms with Crippen molar-refractivity contribution in [2.45, 2.75) is 45.2 Å². The molecule has 1 aliphatic heterocycles. The van der Waals surface area contributed by atoms with Crippen molar-refractivity contribution in [2.75, 3.05) is 6.54 Å². The molecular weight excluding hydrogens is 310 g/mol. The minimum Gasteiger partial charge on any atom is -0.336 e. The molecule has 1 atom stereocenters. The van der Waals surface area contributed by atoms with Crippen LogP contribution in [0.5, 0.6) is 0 Å². The summed E-state index contributed by atoms with van der Waals surface area (Å²) in [6, 6.07) is 8.07. The lowest BCUT2D eigenvalue weighted by atomic mass is 9.99. The Hall–Kier alpha value is -1.81. The fraction of sp³-hybridized carbons (Fsp3) is 0.444. The van der Waals surface area contributed by atoms with Crippen molar-refractivity contribution in [3.63, 3.8) is 0 Å². The molecule has 0 N–H and O–H groups in total. The van der Waals surface area contributed by atoms with Crippen LogP contribution in [-0.2, 0) is 6.54 Å². The summed E-state index contributed by atoms with van der Waals surface area (Å²) >= 11 is 6.19. The molecule has 0 bridgehead atoms. The first-order chi connectivity index (χ1) is 11.2. The van der Waals surface area contributed by atoms with E-state index in [-0.39, 0.29) is 5.91 Å². The molecule has 122 valence electrons. The summed E-state index contributed by atoms with van der Waals surface area (Å²) in [5.41, 5.74) is 1.66. The first kappa shape index (κ1) is 16.1. The maximum atomic E-state index is 12.7. The fourth-order valence-electron chi connectivity index (χ4n) is 3.22. The first-order valence-corrected chi connectivity index (χ1v) is 8.63. The third kappa shape index (κ3) is 3.58. The third-order valence-electron chi connectivity index (χ3n) is 4.53. The van der Waals surface area contributed by atoms with Crippen LogP contribution in [0.15, 0.2) is 36.7 Å². The molecule has 3 rings (SSSR count). The Morgan fingerprint density at radius 2 is 2.17 bits per heavy atom. The van der Waals surface area contributed by atoms with Gasteiger partial charge in [-0.15, -0.1) is 0 Å². The number of piperidine rings is 1. The molecule has 1 aliphatic rings. The van der Waals surface area contributed by atoms with Crippen LogP contribution >= 0.6 is 11.6 Å². The molecule has 4 nitrogen and oxygen atoms in total. The maximum Gasteiger partial charge on any atom is 0.257 e. The van der Waals surface area contributed by atoms with Crippen molar-refractivity contribution in [3.05, 3.63) is 52.8 Å². The van der Waals surface area contributed by atoms with Gasteiger partial charge in [0.15, 0.2) is 0 Å². The highest BCUT2D eigenvalue weighted by atomic mass is 35.5. The van der Waals surface area contributed by atoms with Crippen LogP contribution < -0.4 is 0 Å². The second-order valence-corrected chi connectivity index (χ2v) is 6.48. The van der Waals surface area contributed by atoms with Gasteiger partial charge in [0.1, 0.15) is 0 Å². The quantitative estimate of drug-likeness (QED) is 0.849. The number of rotatable bonds is 4. The number of carbonyl (C=O) groups is 1. The average molecular weight is 332 g/mol. The number of amides is 1. The number of benzene rings is 1. The standard InChI is InChI=1S/C18H22ClN3O/c1-2-16-8-5-6-10-22(16)18(23)15-11-20-21(13-15)12-14-7-3-4-9-17(14)19/h3-4,7,9,11,13,16H,2,5-6,8,10,12H2,1H3. The molecule has 0 saturated carbocycles. The number of hydrogen-bond donors (Lipinski definition) is 0. The van der Waals surface area contributed by atoms with E-state index >= 15 is 0 Å². The van der Waals surface area contributed by atoms with Crippen molar-refractivity contribution >= 4 is 17.5 Å². The Labute approximate surface area is 142 Å². The Balaban J connectivity index is 1.73. The van der Waals surface area contributed by atoms with Gasteiger partial charge >= 0.3 is 0 Å². The summed E-state index contributed by atoms with van der Waals surface area (Å²) in [5.74, 6) is 0.0990. The van der Waals surface area contributed by atoms with Gasteiger partial charge in [0.2, 0.25) is 0 Å². The van der Waals surface area contributed by atoms with Gasteiger partial charge in [-0.2, -0.15) is 5.10 Å². The SMILES string of the molecule is CCC1CCCCN1C(=O)c1cnn(Cc2ccccc2Cl)c1.